The van der Waals surface area contributed by atoms with Crippen molar-refractivity contribution in [2.45, 2.75) is 52.7 Å². The number of nitrogens with zero attached hydrogens (tertiary/aromatic N) is 4. The molecule has 0 radical (unpaired) electrons. The smallest absolute Gasteiger partial charge is 0.194 e. The third kappa shape index (κ3) is 6.24. The van der Waals surface area contributed by atoms with E-state index < -0.39 is 0 Å². The van der Waals surface area contributed by atoms with Gasteiger partial charge in [-0.3, -0.25) is 4.68 Å². The molecular formula is C23H35N5O. The number of rotatable bonds is 6. The van der Waals surface area contributed by atoms with Crippen molar-refractivity contribution in [3.05, 3.63) is 47.8 Å². The first-order valence-electron chi connectivity index (χ1n) is 10.6. The van der Waals surface area contributed by atoms with Crippen LogP contribution in [-0.2, 0) is 20.0 Å². The van der Waals surface area contributed by atoms with Gasteiger partial charge < -0.3 is 15.0 Å². The van der Waals surface area contributed by atoms with Crippen LogP contribution in [-0.4, -0.2) is 45.9 Å². The van der Waals surface area contributed by atoms with Gasteiger partial charge in [-0.25, -0.2) is 4.99 Å². The predicted octanol–water partition coefficient (Wildman–Crippen LogP) is 3.63. The zero-order valence-corrected chi connectivity index (χ0v) is 18.5. The number of para-hydroxylation sites is 1. The molecule has 2 aromatic rings. The van der Waals surface area contributed by atoms with Crippen molar-refractivity contribution in [2.75, 3.05) is 19.6 Å². The lowest BCUT2D eigenvalue weighted by molar-refractivity contribution is 0.129. The van der Waals surface area contributed by atoms with Crippen LogP contribution in [0.25, 0.3) is 0 Å². The number of benzene rings is 1. The largest absolute Gasteiger partial charge is 0.488 e. The van der Waals surface area contributed by atoms with Crippen LogP contribution >= 0.6 is 0 Å². The summed E-state index contributed by atoms with van der Waals surface area (Å²) in [5.74, 6) is 2.54. The van der Waals surface area contributed by atoms with Gasteiger partial charge in [0.2, 0.25) is 0 Å². The van der Waals surface area contributed by atoms with Gasteiger partial charge in [0.15, 0.2) is 5.96 Å². The number of ether oxygens (including phenoxy) is 1. The molecule has 1 unspecified atom stereocenters. The van der Waals surface area contributed by atoms with Crippen molar-refractivity contribution in [3.63, 3.8) is 0 Å². The van der Waals surface area contributed by atoms with Crippen LogP contribution in [0.1, 0.15) is 45.2 Å². The fraction of sp³-hybridized carbons (Fsp3) is 0.565. The fourth-order valence-electron chi connectivity index (χ4n) is 3.75. The molecule has 3 rings (SSSR count). The molecule has 2 heterocycles. The Balaban J connectivity index is 1.66. The van der Waals surface area contributed by atoms with Gasteiger partial charge in [-0.15, -0.1) is 0 Å². The maximum Gasteiger partial charge on any atom is 0.194 e. The Bertz CT molecular complexity index is 821. The molecule has 6 heteroatoms. The van der Waals surface area contributed by atoms with Gasteiger partial charge in [0.1, 0.15) is 11.4 Å². The lowest BCUT2D eigenvalue weighted by Gasteiger charge is -2.24. The highest BCUT2D eigenvalue weighted by molar-refractivity contribution is 5.80. The summed E-state index contributed by atoms with van der Waals surface area (Å²) in [6.07, 6.45) is 6.36. The van der Waals surface area contributed by atoms with Gasteiger partial charge in [0, 0.05) is 38.4 Å². The van der Waals surface area contributed by atoms with E-state index in [1.165, 1.54) is 12.0 Å². The Morgan fingerprint density at radius 3 is 2.79 bits per heavy atom. The normalized spacial score (nSPS) is 17.6. The fourth-order valence-corrected chi connectivity index (χ4v) is 3.75. The minimum Gasteiger partial charge on any atom is -0.488 e. The molecule has 0 amide bonds. The second-order valence-corrected chi connectivity index (χ2v) is 8.82. The Morgan fingerprint density at radius 1 is 1.31 bits per heavy atom. The number of nitrogens with one attached hydrogen (secondary N) is 1. The third-order valence-electron chi connectivity index (χ3n) is 4.99. The van der Waals surface area contributed by atoms with E-state index in [0.717, 1.165) is 43.3 Å². The molecule has 0 saturated carbocycles. The second kappa shape index (κ2) is 9.33. The number of aromatic nitrogens is 2. The molecule has 0 aliphatic carbocycles. The highest BCUT2D eigenvalue weighted by atomic mass is 16.5. The highest BCUT2D eigenvalue weighted by Gasteiger charge is 2.25. The van der Waals surface area contributed by atoms with E-state index in [2.05, 4.69) is 55.3 Å². The van der Waals surface area contributed by atoms with E-state index in [1.54, 1.807) is 0 Å². The van der Waals surface area contributed by atoms with Gasteiger partial charge >= 0.3 is 0 Å². The molecule has 1 atom stereocenters. The SMILES string of the molecule is CCNC(=NCc1ccccc1OC(C)(C)C)N1CCC(Cc2cnn(C)c2)C1. The Morgan fingerprint density at radius 2 is 2.10 bits per heavy atom. The second-order valence-electron chi connectivity index (χ2n) is 8.82. The minimum atomic E-state index is -0.223. The summed E-state index contributed by atoms with van der Waals surface area (Å²) >= 11 is 0. The molecule has 158 valence electrons. The Hall–Kier alpha value is -2.50. The quantitative estimate of drug-likeness (QED) is 0.597. The number of aryl methyl sites for hydroxylation is 1. The van der Waals surface area contributed by atoms with Crippen LogP contribution in [0, 0.1) is 5.92 Å². The van der Waals surface area contributed by atoms with Crippen molar-refractivity contribution < 1.29 is 4.74 Å². The first-order valence-corrected chi connectivity index (χ1v) is 10.6. The number of likely N-dealkylation sites (tertiary alicyclic amines) is 1. The minimum absolute atomic E-state index is 0.223. The van der Waals surface area contributed by atoms with Gasteiger partial charge in [0.05, 0.1) is 12.7 Å². The molecule has 1 N–H and O–H groups in total. The third-order valence-corrected chi connectivity index (χ3v) is 4.99. The molecule has 0 bridgehead atoms. The van der Waals surface area contributed by atoms with Crippen LogP contribution in [0.3, 0.4) is 0 Å². The van der Waals surface area contributed by atoms with Crippen LogP contribution in [0.4, 0.5) is 0 Å². The first kappa shape index (κ1) is 21.2. The molecule has 29 heavy (non-hydrogen) atoms. The van der Waals surface area contributed by atoms with E-state index in [0.29, 0.717) is 12.5 Å². The average Bonchev–Trinajstić information content (AvgIpc) is 3.28. The highest BCUT2D eigenvalue weighted by Crippen LogP contribution is 2.24. The molecule has 1 aliphatic heterocycles. The van der Waals surface area contributed by atoms with Gasteiger partial charge in [0.25, 0.3) is 0 Å². The van der Waals surface area contributed by atoms with E-state index in [1.807, 2.05) is 36.1 Å². The molecular weight excluding hydrogens is 362 g/mol. The number of aliphatic imine (C=N–C) groups is 1. The summed E-state index contributed by atoms with van der Waals surface area (Å²) in [7, 11) is 1.97. The Kier molecular flexibility index (Phi) is 6.83. The Labute approximate surface area is 175 Å². The van der Waals surface area contributed by atoms with Crippen LogP contribution < -0.4 is 10.1 Å². The first-order chi connectivity index (χ1) is 13.8. The summed E-state index contributed by atoms with van der Waals surface area (Å²) in [5, 5.41) is 7.76. The van der Waals surface area contributed by atoms with E-state index >= 15 is 0 Å². The summed E-state index contributed by atoms with van der Waals surface area (Å²) in [5.41, 5.74) is 2.21. The standard InChI is InChI=1S/C23H35N5O/c1-6-24-22(25-15-20-9-7-8-10-21(20)29-23(2,3)4)28-12-11-18(17-28)13-19-14-26-27(5)16-19/h7-10,14,16,18H,6,11-13,15,17H2,1-5H3,(H,24,25). The summed E-state index contributed by atoms with van der Waals surface area (Å²) in [4.78, 5) is 7.32. The van der Waals surface area contributed by atoms with E-state index in [4.69, 9.17) is 9.73 Å². The van der Waals surface area contributed by atoms with E-state index in [9.17, 15) is 0 Å². The molecule has 1 aliphatic rings. The summed E-state index contributed by atoms with van der Waals surface area (Å²) in [6.45, 7) is 11.9. The van der Waals surface area contributed by atoms with Gasteiger partial charge in [-0.1, -0.05) is 18.2 Å². The molecule has 1 aromatic heterocycles. The maximum atomic E-state index is 6.12. The predicted molar refractivity (Wildman–Crippen MR) is 118 cm³/mol. The molecule has 1 fully saturated rings. The van der Waals surface area contributed by atoms with Crippen molar-refractivity contribution in [3.8, 4) is 5.75 Å². The zero-order valence-electron chi connectivity index (χ0n) is 18.5. The van der Waals surface area contributed by atoms with Crippen LogP contribution in [0.15, 0.2) is 41.7 Å². The lowest BCUT2D eigenvalue weighted by atomic mass is 10.0. The topological polar surface area (TPSA) is 54.7 Å². The maximum absolute atomic E-state index is 6.12. The van der Waals surface area contributed by atoms with Crippen LogP contribution in [0.2, 0.25) is 0 Å². The number of hydrogen-bond donors (Lipinski definition) is 1. The van der Waals surface area contributed by atoms with Crippen molar-refractivity contribution in [2.24, 2.45) is 18.0 Å². The van der Waals surface area contributed by atoms with Crippen molar-refractivity contribution in [1.29, 1.82) is 0 Å². The summed E-state index contributed by atoms with van der Waals surface area (Å²) < 4.78 is 8.00. The van der Waals surface area contributed by atoms with E-state index in [-0.39, 0.29) is 5.60 Å². The lowest BCUT2D eigenvalue weighted by Crippen LogP contribution is -2.40. The van der Waals surface area contributed by atoms with Crippen molar-refractivity contribution >= 4 is 5.96 Å². The average molecular weight is 398 g/mol. The number of hydrogen-bond acceptors (Lipinski definition) is 3. The number of guanidine groups is 1. The van der Waals surface area contributed by atoms with Crippen molar-refractivity contribution in [1.82, 2.24) is 20.0 Å². The zero-order chi connectivity index (χ0) is 20.9. The molecule has 0 spiro atoms. The van der Waals surface area contributed by atoms with Gasteiger partial charge in [-0.05, 0) is 58.1 Å². The van der Waals surface area contributed by atoms with Gasteiger partial charge in [-0.2, -0.15) is 5.10 Å². The molecule has 1 saturated heterocycles. The monoisotopic (exact) mass is 397 g/mol. The molecule has 1 aromatic carbocycles. The van der Waals surface area contributed by atoms with Crippen LogP contribution in [0.5, 0.6) is 5.75 Å². The molecule has 6 nitrogen and oxygen atoms in total. The summed E-state index contributed by atoms with van der Waals surface area (Å²) in [6, 6.07) is 8.20.